The van der Waals surface area contributed by atoms with Crippen LogP contribution in [0, 0.1) is 5.82 Å². The first kappa shape index (κ1) is 14.0. The van der Waals surface area contributed by atoms with Gasteiger partial charge in [0.15, 0.2) is 0 Å². The molecule has 0 heterocycles. The first-order valence-electron chi connectivity index (χ1n) is 6.31. The van der Waals surface area contributed by atoms with Crippen molar-refractivity contribution in [3.63, 3.8) is 0 Å². The molecule has 0 aliphatic carbocycles. The van der Waals surface area contributed by atoms with Gasteiger partial charge in [-0.05, 0) is 24.1 Å². The lowest BCUT2D eigenvalue weighted by Gasteiger charge is -2.23. The van der Waals surface area contributed by atoms with E-state index < -0.39 is 11.9 Å². The highest BCUT2D eigenvalue weighted by molar-refractivity contribution is 6.30. The summed E-state index contributed by atoms with van der Waals surface area (Å²) in [6.45, 7) is 1.98. The molecular weight excluding hydrogens is 263 g/mol. The number of aliphatic hydroxyl groups excluding tert-OH is 1. The molecule has 2 unspecified atom stereocenters. The van der Waals surface area contributed by atoms with Gasteiger partial charge >= 0.3 is 0 Å². The molecule has 0 fully saturated rings. The van der Waals surface area contributed by atoms with Crippen LogP contribution < -0.4 is 0 Å². The van der Waals surface area contributed by atoms with Crippen LogP contribution in [0.2, 0.25) is 5.02 Å². The zero-order chi connectivity index (χ0) is 13.8. The van der Waals surface area contributed by atoms with Gasteiger partial charge in [-0.1, -0.05) is 54.9 Å². The molecule has 0 amide bonds. The van der Waals surface area contributed by atoms with Gasteiger partial charge in [0.1, 0.15) is 5.82 Å². The van der Waals surface area contributed by atoms with E-state index in [-0.39, 0.29) is 5.92 Å². The molecule has 2 aromatic rings. The molecular formula is C16H16ClFO. The van der Waals surface area contributed by atoms with Crippen molar-refractivity contribution in [2.45, 2.75) is 25.4 Å². The van der Waals surface area contributed by atoms with Crippen LogP contribution in [-0.2, 0) is 0 Å². The number of rotatable bonds is 4. The largest absolute Gasteiger partial charge is 0.388 e. The average molecular weight is 279 g/mol. The van der Waals surface area contributed by atoms with Crippen molar-refractivity contribution in [1.82, 2.24) is 0 Å². The van der Waals surface area contributed by atoms with Gasteiger partial charge in [-0.25, -0.2) is 4.39 Å². The molecule has 2 atom stereocenters. The highest BCUT2D eigenvalue weighted by atomic mass is 35.5. The second kappa shape index (κ2) is 6.18. The standard InChI is InChI=1S/C16H16ClFO/c1-2-13(11-6-4-3-5-7-11)16(19)14-9-8-12(17)10-15(14)18/h3-10,13,16,19H,2H2,1H3. The third kappa shape index (κ3) is 3.14. The van der Waals surface area contributed by atoms with Crippen molar-refractivity contribution in [3.05, 3.63) is 70.5 Å². The Bertz CT molecular complexity index is 542. The molecule has 2 rings (SSSR count). The van der Waals surface area contributed by atoms with Crippen LogP contribution in [0.5, 0.6) is 0 Å². The Balaban J connectivity index is 2.33. The Hall–Kier alpha value is -1.38. The van der Waals surface area contributed by atoms with Gasteiger partial charge in [-0.3, -0.25) is 0 Å². The van der Waals surface area contributed by atoms with Crippen molar-refractivity contribution in [2.75, 3.05) is 0 Å². The molecule has 0 aromatic heterocycles. The fraction of sp³-hybridized carbons (Fsp3) is 0.250. The van der Waals surface area contributed by atoms with Gasteiger partial charge in [0, 0.05) is 16.5 Å². The Morgan fingerprint density at radius 2 is 1.84 bits per heavy atom. The van der Waals surface area contributed by atoms with Crippen LogP contribution in [0.4, 0.5) is 4.39 Å². The molecule has 0 saturated heterocycles. The summed E-state index contributed by atoms with van der Waals surface area (Å²) in [5.41, 5.74) is 1.30. The first-order valence-corrected chi connectivity index (χ1v) is 6.69. The first-order chi connectivity index (χ1) is 9.13. The Morgan fingerprint density at radius 3 is 2.42 bits per heavy atom. The summed E-state index contributed by atoms with van der Waals surface area (Å²) in [4.78, 5) is 0. The average Bonchev–Trinajstić information content (AvgIpc) is 2.40. The molecule has 0 saturated carbocycles. The summed E-state index contributed by atoms with van der Waals surface area (Å²) in [7, 11) is 0. The zero-order valence-electron chi connectivity index (χ0n) is 10.7. The monoisotopic (exact) mass is 278 g/mol. The predicted molar refractivity (Wildman–Crippen MR) is 75.8 cm³/mol. The second-order valence-electron chi connectivity index (χ2n) is 4.54. The van der Waals surface area contributed by atoms with E-state index in [0.717, 1.165) is 12.0 Å². The molecule has 1 N–H and O–H groups in total. The smallest absolute Gasteiger partial charge is 0.130 e. The molecule has 0 aliphatic rings. The van der Waals surface area contributed by atoms with Crippen LogP contribution in [0.1, 0.15) is 36.5 Å². The Labute approximate surface area is 117 Å². The predicted octanol–water partition coefficient (Wildman–Crippen LogP) is 4.71. The number of halogens is 2. The minimum atomic E-state index is -0.871. The topological polar surface area (TPSA) is 20.2 Å². The van der Waals surface area contributed by atoms with Crippen molar-refractivity contribution < 1.29 is 9.50 Å². The maximum Gasteiger partial charge on any atom is 0.130 e. The lowest BCUT2D eigenvalue weighted by atomic mass is 9.87. The Kier molecular flexibility index (Phi) is 4.56. The highest BCUT2D eigenvalue weighted by Crippen LogP contribution is 2.35. The van der Waals surface area contributed by atoms with Gasteiger partial charge in [-0.2, -0.15) is 0 Å². The van der Waals surface area contributed by atoms with E-state index in [9.17, 15) is 9.50 Å². The summed E-state index contributed by atoms with van der Waals surface area (Å²) >= 11 is 5.73. The van der Waals surface area contributed by atoms with Gasteiger partial charge in [0.2, 0.25) is 0 Å². The van der Waals surface area contributed by atoms with E-state index in [2.05, 4.69) is 0 Å². The lowest BCUT2D eigenvalue weighted by Crippen LogP contribution is -2.11. The second-order valence-corrected chi connectivity index (χ2v) is 4.97. The summed E-state index contributed by atoms with van der Waals surface area (Å²) in [6.07, 6.45) is -0.141. The summed E-state index contributed by atoms with van der Waals surface area (Å²) in [5.74, 6) is -0.591. The quantitative estimate of drug-likeness (QED) is 0.859. The summed E-state index contributed by atoms with van der Waals surface area (Å²) < 4.78 is 13.9. The van der Waals surface area contributed by atoms with Crippen molar-refractivity contribution >= 4 is 11.6 Å². The molecule has 2 aromatic carbocycles. The van der Waals surface area contributed by atoms with Crippen LogP contribution in [0.25, 0.3) is 0 Å². The van der Waals surface area contributed by atoms with E-state index in [0.29, 0.717) is 10.6 Å². The third-order valence-corrected chi connectivity index (χ3v) is 3.56. The summed E-state index contributed by atoms with van der Waals surface area (Å²) in [6, 6.07) is 14.0. The van der Waals surface area contributed by atoms with Crippen LogP contribution >= 0.6 is 11.6 Å². The molecule has 0 radical (unpaired) electrons. The fourth-order valence-corrected chi connectivity index (χ4v) is 2.46. The van der Waals surface area contributed by atoms with Gasteiger partial charge in [0.25, 0.3) is 0 Å². The van der Waals surface area contributed by atoms with E-state index in [1.165, 1.54) is 6.07 Å². The van der Waals surface area contributed by atoms with Gasteiger partial charge in [-0.15, -0.1) is 0 Å². The minimum absolute atomic E-state index is 0.128. The van der Waals surface area contributed by atoms with E-state index >= 15 is 0 Å². The SMILES string of the molecule is CCC(c1ccccc1)C(O)c1ccc(Cl)cc1F. The van der Waals surface area contributed by atoms with E-state index in [1.807, 2.05) is 37.3 Å². The minimum Gasteiger partial charge on any atom is -0.388 e. The van der Waals surface area contributed by atoms with E-state index in [4.69, 9.17) is 11.6 Å². The van der Waals surface area contributed by atoms with Crippen molar-refractivity contribution in [2.24, 2.45) is 0 Å². The maximum absolute atomic E-state index is 13.9. The molecule has 1 nitrogen and oxygen atoms in total. The number of benzene rings is 2. The van der Waals surface area contributed by atoms with Crippen molar-refractivity contribution in [1.29, 1.82) is 0 Å². The fourth-order valence-electron chi connectivity index (χ4n) is 2.30. The van der Waals surface area contributed by atoms with E-state index in [1.54, 1.807) is 12.1 Å². The zero-order valence-corrected chi connectivity index (χ0v) is 11.4. The number of hydrogen-bond acceptors (Lipinski definition) is 1. The van der Waals surface area contributed by atoms with Gasteiger partial charge < -0.3 is 5.11 Å². The maximum atomic E-state index is 13.9. The molecule has 19 heavy (non-hydrogen) atoms. The molecule has 0 bridgehead atoms. The molecule has 3 heteroatoms. The normalized spacial score (nSPS) is 14.1. The molecule has 100 valence electrons. The van der Waals surface area contributed by atoms with Gasteiger partial charge in [0.05, 0.1) is 6.10 Å². The Morgan fingerprint density at radius 1 is 1.16 bits per heavy atom. The van der Waals surface area contributed by atoms with Crippen LogP contribution in [0.3, 0.4) is 0 Å². The molecule has 0 spiro atoms. The number of aliphatic hydroxyl groups is 1. The van der Waals surface area contributed by atoms with Crippen LogP contribution in [0.15, 0.2) is 48.5 Å². The lowest BCUT2D eigenvalue weighted by molar-refractivity contribution is 0.138. The highest BCUT2D eigenvalue weighted by Gasteiger charge is 2.23. The third-order valence-electron chi connectivity index (χ3n) is 3.33. The number of hydrogen-bond donors (Lipinski definition) is 1. The van der Waals surface area contributed by atoms with Crippen LogP contribution in [-0.4, -0.2) is 5.11 Å². The summed E-state index contributed by atoms with van der Waals surface area (Å²) in [5, 5.41) is 10.8. The van der Waals surface area contributed by atoms with Crippen molar-refractivity contribution in [3.8, 4) is 0 Å². The molecule has 0 aliphatic heterocycles.